The molecule has 0 saturated heterocycles. The molecular weight excluding hydrogens is 665 g/mol. The maximum Gasteiger partial charge on any atom is 0.0730 e. The summed E-state index contributed by atoms with van der Waals surface area (Å²) < 4.78 is 2.36. The first-order valence-corrected chi connectivity index (χ1v) is 19.0. The first kappa shape index (κ1) is 30.2. The van der Waals surface area contributed by atoms with Gasteiger partial charge >= 0.3 is 0 Å². The summed E-state index contributed by atoms with van der Waals surface area (Å²) in [5.74, 6) is 0. The Morgan fingerprint density at radius 3 is 1.58 bits per heavy atom. The summed E-state index contributed by atoms with van der Waals surface area (Å²) in [7, 11) is 0. The van der Waals surface area contributed by atoms with E-state index in [9.17, 15) is 0 Å². The third-order valence-corrected chi connectivity index (χ3v) is 11.7. The number of pyridine rings is 1. The highest BCUT2D eigenvalue weighted by Gasteiger charge is 2.31. The molecule has 0 saturated carbocycles. The Labute approximate surface area is 318 Å². The van der Waals surface area contributed by atoms with Crippen molar-refractivity contribution in [2.75, 3.05) is 0 Å². The molecule has 1 aliphatic rings. The minimum atomic E-state index is 1.01. The second-order valence-electron chi connectivity index (χ2n) is 14.6. The highest BCUT2D eigenvalue weighted by molar-refractivity contribution is 6.29. The standard InChI is InChI=1S/C53H32N2/c1-4-15-33(16-5-1)48-39-21-10-11-22-40(39)49(34-17-6-2-7-18-34)53-43-29-28-37(38-24-14-25-42(50(38)43)52(48)53)35-27-30-46-44(31-35)51-41-23-12-13-26-45(41)54-32-47(51)55(46)36-19-8-3-9-20-36/h1-32H. The lowest BCUT2D eigenvalue weighted by atomic mass is 9.82. The van der Waals surface area contributed by atoms with Gasteiger partial charge in [-0.2, -0.15) is 0 Å². The molecule has 2 heterocycles. The van der Waals surface area contributed by atoms with Crippen LogP contribution in [0.5, 0.6) is 0 Å². The lowest BCUT2D eigenvalue weighted by molar-refractivity contribution is 1.17. The second-order valence-corrected chi connectivity index (χ2v) is 14.6. The molecule has 0 unspecified atom stereocenters. The molecule has 2 nitrogen and oxygen atoms in total. The van der Waals surface area contributed by atoms with Crippen LogP contribution in [-0.2, 0) is 0 Å². The van der Waals surface area contributed by atoms with Gasteiger partial charge in [-0.1, -0.05) is 158 Å². The van der Waals surface area contributed by atoms with Gasteiger partial charge in [0.1, 0.15) is 0 Å². The summed E-state index contributed by atoms with van der Waals surface area (Å²) >= 11 is 0. The summed E-state index contributed by atoms with van der Waals surface area (Å²) in [5, 5.41) is 8.77. The fraction of sp³-hybridized carbons (Fsp3) is 0. The van der Waals surface area contributed by atoms with Crippen molar-refractivity contribution in [1.82, 2.24) is 9.55 Å². The van der Waals surface area contributed by atoms with Crippen molar-refractivity contribution in [3.63, 3.8) is 0 Å². The number of rotatable bonds is 4. The van der Waals surface area contributed by atoms with Gasteiger partial charge in [0.2, 0.25) is 0 Å². The second kappa shape index (κ2) is 11.6. The van der Waals surface area contributed by atoms with Crippen LogP contribution in [0.2, 0.25) is 0 Å². The van der Waals surface area contributed by atoms with E-state index >= 15 is 0 Å². The van der Waals surface area contributed by atoms with Gasteiger partial charge in [0, 0.05) is 21.8 Å². The van der Waals surface area contributed by atoms with E-state index in [0.29, 0.717) is 0 Å². The third-order valence-electron chi connectivity index (χ3n) is 11.7. The van der Waals surface area contributed by atoms with E-state index in [1.807, 2.05) is 6.20 Å². The average Bonchev–Trinajstić information content (AvgIpc) is 3.77. The van der Waals surface area contributed by atoms with Crippen molar-refractivity contribution >= 4 is 54.3 Å². The van der Waals surface area contributed by atoms with Crippen LogP contribution in [0.25, 0.3) is 116 Å². The summed E-state index contributed by atoms with van der Waals surface area (Å²) in [6.45, 7) is 0. The number of para-hydroxylation sites is 2. The van der Waals surface area contributed by atoms with Crippen molar-refractivity contribution in [2.45, 2.75) is 0 Å². The van der Waals surface area contributed by atoms with E-state index in [1.54, 1.807) is 0 Å². The molecule has 0 fully saturated rings. The fourth-order valence-electron chi connectivity index (χ4n) is 9.53. The smallest absolute Gasteiger partial charge is 0.0730 e. The largest absolute Gasteiger partial charge is 0.308 e. The number of hydrogen-bond donors (Lipinski definition) is 0. The van der Waals surface area contributed by atoms with Crippen molar-refractivity contribution in [2.24, 2.45) is 0 Å². The highest BCUT2D eigenvalue weighted by atomic mass is 15.0. The molecule has 1 aliphatic carbocycles. The highest BCUT2D eigenvalue weighted by Crippen LogP contribution is 2.58. The molecule has 254 valence electrons. The van der Waals surface area contributed by atoms with Crippen LogP contribution in [0.15, 0.2) is 194 Å². The molecule has 0 bridgehead atoms. The lowest BCUT2D eigenvalue weighted by Gasteiger charge is -2.20. The monoisotopic (exact) mass is 696 g/mol. The Bertz CT molecular complexity index is 3250. The molecule has 0 atom stereocenters. The maximum atomic E-state index is 4.92. The van der Waals surface area contributed by atoms with Crippen LogP contribution in [-0.4, -0.2) is 9.55 Å². The molecule has 2 aromatic heterocycles. The van der Waals surface area contributed by atoms with Crippen LogP contribution < -0.4 is 0 Å². The lowest BCUT2D eigenvalue weighted by Crippen LogP contribution is -1.93. The maximum absolute atomic E-state index is 4.92. The normalized spacial score (nSPS) is 12.0. The Hall–Kier alpha value is -7.29. The molecule has 0 N–H and O–H groups in total. The minimum absolute atomic E-state index is 1.01. The van der Waals surface area contributed by atoms with Crippen molar-refractivity contribution in [3.05, 3.63) is 194 Å². The van der Waals surface area contributed by atoms with Crippen LogP contribution in [0.1, 0.15) is 0 Å². The topological polar surface area (TPSA) is 17.8 Å². The van der Waals surface area contributed by atoms with Gasteiger partial charge in [0.15, 0.2) is 0 Å². The van der Waals surface area contributed by atoms with Crippen LogP contribution in [0.3, 0.4) is 0 Å². The zero-order chi connectivity index (χ0) is 36.0. The molecule has 11 aromatic rings. The van der Waals surface area contributed by atoms with E-state index in [4.69, 9.17) is 4.98 Å². The Morgan fingerprint density at radius 1 is 0.327 bits per heavy atom. The van der Waals surface area contributed by atoms with Gasteiger partial charge in [0.05, 0.1) is 22.7 Å². The molecule has 2 heteroatoms. The van der Waals surface area contributed by atoms with Crippen molar-refractivity contribution in [3.8, 4) is 61.3 Å². The van der Waals surface area contributed by atoms with Gasteiger partial charge in [-0.05, 0) is 108 Å². The van der Waals surface area contributed by atoms with E-state index in [-0.39, 0.29) is 0 Å². The molecule has 0 spiro atoms. The molecule has 9 aromatic carbocycles. The van der Waals surface area contributed by atoms with Crippen molar-refractivity contribution < 1.29 is 0 Å². The quantitative estimate of drug-likeness (QED) is 0.179. The molecule has 0 aliphatic heterocycles. The summed E-state index contributed by atoms with van der Waals surface area (Å²) in [5.41, 5.74) is 17.2. The summed E-state index contributed by atoms with van der Waals surface area (Å²) in [6, 6.07) is 68.7. The molecule has 0 amide bonds. The van der Waals surface area contributed by atoms with E-state index in [0.717, 1.165) is 16.7 Å². The van der Waals surface area contributed by atoms with Crippen LogP contribution >= 0.6 is 0 Å². The van der Waals surface area contributed by atoms with Gasteiger partial charge in [0.25, 0.3) is 0 Å². The van der Waals surface area contributed by atoms with Crippen LogP contribution in [0, 0.1) is 0 Å². The predicted octanol–water partition coefficient (Wildman–Crippen LogP) is 14.3. The fourth-order valence-corrected chi connectivity index (χ4v) is 9.53. The van der Waals surface area contributed by atoms with E-state index < -0.39 is 0 Å². The number of aromatic nitrogens is 2. The number of benzene rings is 9. The number of nitrogens with zero attached hydrogens (tertiary/aromatic N) is 2. The SMILES string of the molecule is c1ccc(-c2c3c(c(-c4ccccc4)c4ccccc24)-c2ccc(-c4ccc5c(c4)c4c6ccccc6ncc4n5-c4ccccc4)c4cccc-3c24)cc1. The first-order valence-electron chi connectivity index (χ1n) is 19.0. The first-order chi connectivity index (χ1) is 27.3. The van der Waals surface area contributed by atoms with E-state index in [1.165, 1.54) is 98.9 Å². The zero-order valence-corrected chi connectivity index (χ0v) is 29.9. The Kier molecular flexibility index (Phi) is 6.37. The molecule has 0 radical (unpaired) electrons. The van der Waals surface area contributed by atoms with Crippen LogP contribution in [0.4, 0.5) is 0 Å². The van der Waals surface area contributed by atoms with Crippen molar-refractivity contribution in [1.29, 1.82) is 0 Å². The number of hydrogen-bond acceptors (Lipinski definition) is 1. The molecule has 12 rings (SSSR count). The van der Waals surface area contributed by atoms with Gasteiger partial charge in [-0.25, -0.2) is 0 Å². The van der Waals surface area contributed by atoms with E-state index in [2.05, 4.69) is 193 Å². The zero-order valence-electron chi connectivity index (χ0n) is 29.9. The minimum Gasteiger partial charge on any atom is -0.308 e. The van der Waals surface area contributed by atoms with Gasteiger partial charge in [-0.15, -0.1) is 0 Å². The average molecular weight is 697 g/mol. The van der Waals surface area contributed by atoms with Gasteiger partial charge in [-0.3, -0.25) is 4.98 Å². The summed E-state index contributed by atoms with van der Waals surface area (Å²) in [4.78, 5) is 4.92. The Balaban J connectivity index is 1.17. The predicted molar refractivity (Wildman–Crippen MR) is 232 cm³/mol. The third kappa shape index (κ3) is 4.28. The summed E-state index contributed by atoms with van der Waals surface area (Å²) in [6.07, 6.45) is 2.04. The molecular formula is C53H32N2. The Morgan fingerprint density at radius 2 is 0.891 bits per heavy atom. The number of fused-ring (bicyclic) bond motifs is 9. The van der Waals surface area contributed by atoms with Gasteiger partial charge < -0.3 is 4.57 Å². The molecule has 55 heavy (non-hydrogen) atoms.